The minimum Gasteiger partial charge on any atom is -0.134 e. The third kappa shape index (κ3) is 3.59. The minimum atomic E-state index is 0.361. The van der Waals surface area contributed by atoms with Crippen LogP contribution in [0.1, 0.15) is 47.0 Å². The Balaban J connectivity index is 2.89. The van der Waals surface area contributed by atoms with E-state index in [1.807, 2.05) is 0 Å². The molecule has 1 unspecified atom stereocenters. The largest absolute Gasteiger partial charge is 0.134 e. The average molecular weight is 236 g/mol. The third-order valence-electron chi connectivity index (χ3n) is 3.50. The van der Waals surface area contributed by atoms with Crippen LogP contribution in [0.3, 0.4) is 0 Å². The van der Waals surface area contributed by atoms with Crippen LogP contribution >= 0.6 is 9.24 Å². The first-order valence-electron chi connectivity index (χ1n) is 6.22. The molecule has 1 heteroatoms. The average Bonchev–Trinajstić information content (AvgIpc) is 2.16. The van der Waals surface area contributed by atoms with Crippen molar-refractivity contribution in [1.82, 2.24) is 0 Å². The van der Waals surface area contributed by atoms with E-state index < -0.39 is 0 Å². The molecule has 1 aliphatic carbocycles. The van der Waals surface area contributed by atoms with Crippen molar-refractivity contribution < 1.29 is 0 Å². The van der Waals surface area contributed by atoms with E-state index in [-0.39, 0.29) is 0 Å². The number of hydrogen-bond acceptors (Lipinski definition) is 0. The Hall–Kier alpha value is -0.350. The van der Waals surface area contributed by atoms with Crippen molar-refractivity contribution in [3.63, 3.8) is 0 Å². The second kappa shape index (κ2) is 5.82. The highest BCUT2D eigenvalue weighted by Gasteiger charge is 2.26. The Morgan fingerprint density at radius 3 is 2.69 bits per heavy atom. The van der Waals surface area contributed by atoms with Crippen LogP contribution < -0.4 is 0 Å². The van der Waals surface area contributed by atoms with Crippen molar-refractivity contribution in [1.29, 1.82) is 0 Å². The zero-order valence-electron chi connectivity index (χ0n) is 11.1. The predicted molar refractivity (Wildman–Crippen MR) is 77.8 cm³/mol. The second-order valence-electron chi connectivity index (χ2n) is 5.45. The van der Waals surface area contributed by atoms with Crippen LogP contribution in [0.4, 0.5) is 0 Å². The molecule has 0 saturated carbocycles. The topological polar surface area (TPSA) is 0 Å². The monoisotopic (exact) mass is 236 g/mol. The summed E-state index contributed by atoms with van der Waals surface area (Å²) in [5.74, 6) is 0. The molecule has 1 atom stereocenters. The molecule has 0 saturated heterocycles. The van der Waals surface area contributed by atoms with Crippen LogP contribution in [0.2, 0.25) is 0 Å². The number of allylic oxidation sites excluding steroid dienone is 6. The van der Waals surface area contributed by atoms with Gasteiger partial charge >= 0.3 is 0 Å². The van der Waals surface area contributed by atoms with Gasteiger partial charge in [0.1, 0.15) is 0 Å². The van der Waals surface area contributed by atoms with Crippen LogP contribution in [0.15, 0.2) is 34.9 Å². The van der Waals surface area contributed by atoms with Crippen molar-refractivity contribution in [3.8, 4) is 0 Å². The van der Waals surface area contributed by atoms with Crippen LogP contribution in [-0.2, 0) is 0 Å². The van der Waals surface area contributed by atoms with E-state index in [0.717, 1.165) is 6.16 Å². The van der Waals surface area contributed by atoms with Gasteiger partial charge in [0, 0.05) is 0 Å². The van der Waals surface area contributed by atoms with Gasteiger partial charge in [-0.05, 0) is 50.3 Å². The highest BCUT2D eigenvalue weighted by Crippen LogP contribution is 2.40. The zero-order valence-corrected chi connectivity index (χ0v) is 12.3. The minimum absolute atomic E-state index is 0.361. The van der Waals surface area contributed by atoms with Crippen LogP contribution in [-0.4, -0.2) is 6.16 Å². The molecular formula is C15H25P. The lowest BCUT2D eigenvalue weighted by Crippen LogP contribution is -2.19. The Morgan fingerprint density at radius 2 is 2.12 bits per heavy atom. The maximum Gasteiger partial charge on any atom is -0.0104 e. The predicted octanol–water partition coefficient (Wildman–Crippen LogP) is 4.89. The highest BCUT2D eigenvalue weighted by atomic mass is 31.0. The van der Waals surface area contributed by atoms with Crippen LogP contribution in [0.5, 0.6) is 0 Å². The van der Waals surface area contributed by atoms with Gasteiger partial charge in [-0.2, -0.15) is 0 Å². The Bertz CT molecular complexity index is 329. The fraction of sp³-hybridized carbons (Fsp3) is 0.600. The highest BCUT2D eigenvalue weighted by molar-refractivity contribution is 7.16. The first-order valence-corrected chi connectivity index (χ1v) is 7.04. The molecule has 0 bridgehead atoms. The molecule has 90 valence electrons. The second-order valence-corrected chi connectivity index (χ2v) is 5.92. The fourth-order valence-corrected chi connectivity index (χ4v) is 2.85. The molecule has 0 amide bonds. The zero-order chi connectivity index (χ0) is 12.2. The Labute approximate surface area is 103 Å². The summed E-state index contributed by atoms with van der Waals surface area (Å²) in [6, 6.07) is 0. The molecule has 0 aromatic carbocycles. The smallest absolute Gasteiger partial charge is 0.0104 e. The molecule has 0 fully saturated rings. The van der Waals surface area contributed by atoms with Crippen molar-refractivity contribution in [2.75, 3.05) is 6.16 Å². The van der Waals surface area contributed by atoms with Gasteiger partial charge in [0.15, 0.2) is 0 Å². The quantitative estimate of drug-likeness (QED) is 0.483. The molecule has 0 radical (unpaired) electrons. The number of rotatable bonds is 3. The molecule has 0 aromatic heterocycles. The summed E-state index contributed by atoms with van der Waals surface area (Å²) < 4.78 is 0. The molecule has 0 N–H and O–H groups in total. The molecule has 16 heavy (non-hydrogen) atoms. The number of hydrogen-bond donors (Lipinski definition) is 0. The summed E-state index contributed by atoms with van der Waals surface area (Å²) >= 11 is 0. The fourth-order valence-electron chi connectivity index (χ4n) is 2.48. The standard InChI is InChI=1S/C15H25P/c1-12(9-11-16)7-8-14-13(2)6-5-10-15(14,3)4/h7-9H,5-6,10-11,16H2,1-4H3/b8-7+,12-9-. The van der Waals surface area contributed by atoms with Crippen molar-refractivity contribution in [2.45, 2.75) is 47.0 Å². The summed E-state index contributed by atoms with van der Waals surface area (Å²) in [4.78, 5) is 0. The summed E-state index contributed by atoms with van der Waals surface area (Å²) in [5, 5.41) is 0. The van der Waals surface area contributed by atoms with Crippen molar-refractivity contribution >= 4 is 9.24 Å². The van der Waals surface area contributed by atoms with Crippen LogP contribution in [0, 0.1) is 5.41 Å². The van der Waals surface area contributed by atoms with Gasteiger partial charge in [-0.25, -0.2) is 0 Å². The first kappa shape index (κ1) is 13.7. The molecule has 0 aromatic rings. The lowest BCUT2D eigenvalue weighted by atomic mass is 9.72. The molecule has 1 aliphatic rings. The van der Waals surface area contributed by atoms with Gasteiger partial charge in [-0.15, -0.1) is 9.24 Å². The van der Waals surface area contributed by atoms with Crippen molar-refractivity contribution in [2.24, 2.45) is 5.41 Å². The van der Waals surface area contributed by atoms with Gasteiger partial charge in [-0.1, -0.05) is 43.2 Å². The van der Waals surface area contributed by atoms with E-state index >= 15 is 0 Å². The first-order chi connectivity index (χ1) is 7.47. The van der Waals surface area contributed by atoms with E-state index in [4.69, 9.17) is 0 Å². The maximum atomic E-state index is 2.74. The third-order valence-corrected chi connectivity index (χ3v) is 3.73. The van der Waals surface area contributed by atoms with E-state index in [9.17, 15) is 0 Å². The van der Waals surface area contributed by atoms with Gasteiger partial charge in [0.05, 0.1) is 0 Å². The Kier molecular flexibility index (Phi) is 4.99. The molecule has 1 rings (SSSR count). The maximum absolute atomic E-state index is 2.74. The van der Waals surface area contributed by atoms with E-state index in [2.05, 4.69) is 55.2 Å². The normalized spacial score (nSPS) is 21.9. The SMILES string of the molecule is CC1=C(/C=C/C(C)=C\CP)C(C)(C)CCC1. The van der Waals surface area contributed by atoms with Gasteiger partial charge in [-0.3, -0.25) is 0 Å². The summed E-state index contributed by atoms with van der Waals surface area (Å²) in [7, 11) is 2.74. The van der Waals surface area contributed by atoms with Crippen LogP contribution in [0.25, 0.3) is 0 Å². The lowest BCUT2D eigenvalue weighted by Gasteiger charge is -2.32. The van der Waals surface area contributed by atoms with Crippen molar-refractivity contribution in [3.05, 3.63) is 34.9 Å². The Morgan fingerprint density at radius 1 is 1.44 bits per heavy atom. The van der Waals surface area contributed by atoms with E-state index in [0.29, 0.717) is 5.41 Å². The molecule has 0 heterocycles. The van der Waals surface area contributed by atoms with Gasteiger partial charge < -0.3 is 0 Å². The molecule has 0 spiro atoms. The molecule has 0 nitrogen and oxygen atoms in total. The molecular weight excluding hydrogens is 211 g/mol. The van der Waals surface area contributed by atoms with E-state index in [1.54, 1.807) is 11.1 Å². The molecule has 0 aliphatic heterocycles. The van der Waals surface area contributed by atoms with Gasteiger partial charge in [0.25, 0.3) is 0 Å². The van der Waals surface area contributed by atoms with E-state index in [1.165, 1.54) is 24.8 Å². The summed E-state index contributed by atoms with van der Waals surface area (Å²) in [5.41, 5.74) is 4.85. The summed E-state index contributed by atoms with van der Waals surface area (Å²) in [6.45, 7) is 9.19. The van der Waals surface area contributed by atoms with Gasteiger partial charge in [0.2, 0.25) is 0 Å². The lowest BCUT2D eigenvalue weighted by molar-refractivity contribution is 0.377. The summed E-state index contributed by atoms with van der Waals surface area (Å²) in [6.07, 6.45) is 11.8.